The smallest absolute Gasteiger partial charge is 0.249 e. The summed E-state index contributed by atoms with van der Waals surface area (Å²) in [6.07, 6.45) is 3.47. The van der Waals surface area contributed by atoms with Crippen molar-refractivity contribution in [2.45, 2.75) is 45.7 Å². The molecule has 3 heteroatoms. The summed E-state index contributed by atoms with van der Waals surface area (Å²) in [5.74, 6) is 0.0938. The molecule has 3 nitrogen and oxygen atoms in total. The highest BCUT2D eigenvalue weighted by Crippen LogP contribution is 2.41. The van der Waals surface area contributed by atoms with Crippen LogP contribution in [-0.4, -0.2) is 30.6 Å². The van der Waals surface area contributed by atoms with E-state index < -0.39 is 0 Å². The summed E-state index contributed by atoms with van der Waals surface area (Å²) in [6, 6.07) is 10.5. The highest BCUT2D eigenvalue weighted by atomic mass is 16.5. The third-order valence-corrected chi connectivity index (χ3v) is 4.36. The van der Waals surface area contributed by atoms with Crippen molar-refractivity contribution >= 4 is 5.91 Å². The van der Waals surface area contributed by atoms with E-state index in [0.717, 1.165) is 6.42 Å². The summed E-state index contributed by atoms with van der Waals surface area (Å²) < 4.78 is 5.06. The summed E-state index contributed by atoms with van der Waals surface area (Å²) >= 11 is 0. The predicted molar refractivity (Wildman–Crippen MR) is 80.3 cm³/mol. The molecule has 0 radical (unpaired) electrons. The van der Waals surface area contributed by atoms with Crippen molar-refractivity contribution in [1.29, 1.82) is 0 Å². The monoisotopic (exact) mass is 275 g/mol. The maximum Gasteiger partial charge on any atom is 0.249 e. The van der Waals surface area contributed by atoms with E-state index in [9.17, 15) is 4.79 Å². The van der Waals surface area contributed by atoms with Crippen molar-refractivity contribution in [2.24, 2.45) is 5.41 Å². The number of nitrogens with zero attached hydrogens (tertiary/aromatic N) is 1. The first kappa shape index (κ1) is 15.0. The van der Waals surface area contributed by atoms with Crippen LogP contribution in [0.3, 0.4) is 0 Å². The van der Waals surface area contributed by atoms with E-state index in [1.807, 2.05) is 23.1 Å². The molecule has 0 aliphatic heterocycles. The molecule has 1 aliphatic rings. The normalized spacial score (nSPS) is 20.9. The average Bonchev–Trinajstić information content (AvgIpc) is 2.77. The van der Waals surface area contributed by atoms with Gasteiger partial charge < -0.3 is 9.64 Å². The fourth-order valence-electron chi connectivity index (χ4n) is 3.24. The maximum absolute atomic E-state index is 12.4. The van der Waals surface area contributed by atoms with Crippen LogP contribution in [-0.2, 0) is 16.1 Å². The number of carbonyl (C=O) groups is 1. The molecule has 0 spiro atoms. The quantitative estimate of drug-likeness (QED) is 0.825. The van der Waals surface area contributed by atoms with E-state index in [-0.39, 0.29) is 17.9 Å². The van der Waals surface area contributed by atoms with Gasteiger partial charge in [-0.2, -0.15) is 0 Å². The molecule has 1 aromatic rings. The van der Waals surface area contributed by atoms with Crippen LogP contribution < -0.4 is 0 Å². The van der Waals surface area contributed by atoms with Gasteiger partial charge in [0.1, 0.15) is 6.61 Å². The molecule has 1 amide bonds. The second kappa shape index (κ2) is 6.40. The number of benzene rings is 1. The van der Waals surface area contributed by atoms with Crippen LogP contribution in [0.25, 0.3) is 0 Å². The number of carbonyl (C=O) groups excluding carboxylic acids is 1. The van der Waals surface area contributed by atoms with Crippen LogP contribution in [0.2, 0.25) is 0 Å². The summed E-state index contributed by atoms with van der Waals surface area (Å²) in [4.78, 5) is 14.4. The van der Waals surface area contributed by atoms with E-state index in [2.05, 4.69) is 26.0 Å². The zero-order chi connectivity index (χ0) is 14.6. The van der Waals surface area contributed by atoms with Crippen molar-refractivity contribution in [1.82, 2.24) is 4.90 Å². The van der Waals surface area contributed by atoms with Crippen LogP contribution in [0.5, 0.6) is 0 Å². The number of rotatable bonds is 5. The van der Waals surface area contributed by atoms with Gasteiger partial charge in [-0.15, -0.1) is 0 Å². The summed E-state index contributed by atoms with van der Waals surface area (Å²) in [5.41, 5.74) is 1.37. The minimum atomic E-state index is 0.0938. The van der Waals surface area contributed by atoms with Gasteiger partial charge in [-0.05, 0) is 23.8 Å². The topological polar surface area (TPSA) is 29.5 Å². The van der Waals surface area contributed by atoms with Crippen molar-refractivity contribution in [3.8, 4) is 0 Å². The van der Waals surface area contributed by atoms with Crippen molar-refractivity contribution in [3.63, 3.8) is 0 Å². The summed E-state index contributed by atoms with van der Waals surface area (Å²) in [6.45, 7) is 5.38. The lowest BCUT2D eigenvalue weighted by Gasteiger charge is -2.37. The van der Waals surface area contributed by atoms with E-state index in [4.69, 9.17) is 4.74 Å². The molecule has 1 aromatic carbocycles. The van der Waals surface area contributed by atoms with Gasteiger partial charge in [0.2, 0.25) is 5.91 Å². The molecule has 20 heavy (non-hydrogen) atoms. The highest BCUT2D eigenvalue weighted by molar-refractivity contribution is 5.78. The Morgan fingerprint density at radius 1 is 1.35 bits per heavy atom. The molecule has 0 unspecified atom stereocenters. The lowest BCUT2D eigenvalue weighted by molar-refractivity contribution is -0.140. The Hall–Kier alpha value is -1.35. The van der Waals surface area contributed by atoms with E-state index in [1.165, 1.54) is 18.4 Å². The van der Waals surface area contributed by atoms with Crippen LogP contribution in [0, 0.1) is 5.41 Å². The summed E-state index contributed by atoms with van der Waals surface area (Å²) in [7, 11) is 1.58. The SMILES string of the molecule is COCC(=O)N(Cc1ccccc1)[C@H]1CCCC1(C)C. The first-order chi connectivity index (χ1) is 9.54. The zero-order valence-corrected chi connectivity index (χ0v) is 12.8. The Morgan fingerprint density at radius 3 is 2.60 bits per heavy atom. The largest absolute Gasteiger partial charge is 0.375 e. The minimum absolute atomic E-state index is 0.0938. The Labute approximate surface area is 121 Å². The second-order valence-corrected chi connectivity index (χ2v) is 6.34. The number of hydrogen-bond acceptors (Lipinski definition) is 2. The first-order valence-corrected chi connectivity index (χ1v) is 7.37. The lowest BCUT2D eigenvalue weighted by atomic mass is 9.86. The molecule has 0 saturated heterocycles. The lowest BCUT2D eigenvalue weighted by Crippen LogP contribution is -2.46. The zero-order valence-electron chi connectivity index (χ0n) is 12.8. The Kier molecular flexibility index (Phi) is 4.81. The second-order valence-electron chi connectivity index (χ2n) is 6.34. The van der Waals surface area contributed by atoms with E-state index >= 15 is 0 Å². The fourth-order valence-corrected chi connectivity index (χ4v) is 3.24. The number of ether oxygens (including phenoxy) is 1. The minimum Gasteiger partial charge on any atom is -0.375 e. The molecule has 2 rings (SSSR count). The van der Waals surface area contributed by atoms with Gasteiger partial charge in [-0.3, -0.25) is 4.79 Å². The Morgan fingerprint density at radius 2 is 2.05 bits per heavy atom. The Balaban J connectivity index is 2.19. The number of methoxy groups -OCH3 is 1. The standard InChI is InChI=1S/C17H25NO2/c1-17(2)11-7-10-15(17)18(16(19)13-20-3)12-14-8-5-4-6-9-14/h4-6,8-9,15H,7,10-13H2,1-3H3/t15-/m0/s1. The fraction of sp³-hybridized carbons (Fsp3) is 0.588. The molecular formula is C17H25NO2. The van der Waals surface area contributed by atoms with Crippen molar-refractivity contribution in [3.05, 3.63) is 35.9 Å². The van der Waals surface area contributed by atoms with E-state index in [0.29, 0.717) is 12.6 Å². The molecule has 1 atom stereocenters. The van der Waals surface area contributed by atoms with Gasteiger partial charge >= 0.3 is 0 Å². The van der Waals surface area contributed by atoms with Crippen LogP contribution in [0.1, 0.15) is 38.7 Å². The molecule has 0 heterocycles. The number of amides is 1. The van der Waals surface area contributed by atoms with Gasteiger partial charge in [-0.1, -0.05) is 50.6 Å². The molecule has 0 aromatic heterocycles. The number of hydrogen-bond donors (Lipinski definition) is 0. The van der Waals surface area contributed by atoms with Gasteiger partial charge in [0.25, 0.3) is 0 Å². The third kappa shape index (κ3) is 3.40. The Bertz CT molecular complexity index is 442. The molecule has 0 bridgehead atoms. The van der Waals surface area contributed by atoms with Crippen LogP contribution in [0.4, 0.5) is 0 Å². The molecular weight excluding hydrogens is 250 g/mol. The first-order valence-electron chi connectivity index (χ1n) is 7.37. The predicted octanol–water partition coefficient (Wildman–Crippen LogP) is 3.24. The van der Waals surface area contributed by atoms with Crippen molar-refractivity contribution < 1.29 is 9.53 Å². The highest BCUT2D eigenvalue weighted by Gasteiger charge is 2.40. The van der Waals surface area contributed by atoms with Gasteiger partial charge in [0.15, 0.2) is 0 Å². The molecule has 110 valence electrons. The maximum atomic E-state index is 12.4. The molecule has 1 fully saturated rings. The van der Waals surface area contributed by atoms with Gasteiger partial charge in [0, 0.05) is 19.7 Å². The van der Waals surface area contributed by atoms with Crippen LogP contribution >= 0.6 is 0 Å². The summed E-state index contributed by atoms with van der Waals surface area (Å²) in [5, 5.41) is 0. The molecule has 0 N–H and O–H groups in total. The molecule has 1 saturated carbocycles. The van der Waals surface area contributed by atoms with Gasteiger partial charge in [-0.25, -0.2) is 0 Å². The third-order valence-electron chi connectivity index (χ3n) is 4.36. The van der Waals surface area contributed by atoms with Crippen molar-refractivity contribution in [2.75, 3.05) is 13.7 Å². The van der Waals surface area contributed by atoms with Gasteiger partial charge in [0.05, 0.1) is 0 Å². The van der Waals surface area contributed by atoms with E-state index in [1.54, 1.807) is 7.11 Å². The average molecular weight is 275 g/mol. The van der Waals surface area contributed by atoms with Crippen LogP contribution in [0.15, 0.2) is 30.3 Å². The molecule has 1 aliphatic carbocycles.